The first-order valence-electron chi connectivity index (χ1n) is 8.79. The molecule has 140 valence electrons. The van der Waals surface area contributed by atoms with E-state index in [0.717, 1.165) is 5.69 Å². The molecule has 4 rings (SSSR count). The third-order valence-electron chi connectivity index (χ3n) is 5.04. The lowest BCUT2D eigenvalue weighted by molar-refractivity contribution is 0.0449. The van der Waals surface area contributed by atoms with E-state index >= 15 is 0 Å². The van der Waals surface area contributed by atoms with Crippen LogP contribution in [-0.2, 0) is 6.42 Å². The summed E-state index contributed by atoms with van der Waals surface area (Å²) in [6.07, 6.45) is 2.75. The Kier molecular flexibility index (Phi) is 4.27. The van der Waals surface area contributed by atoms with Gasteiger partial charge in [-0.2, -0.15) is 5.10 Å². The second-order valence-electron chi connectivity index (χ2n) is 6.85. The molecule has 2 heterocycles. The quantitative estimate of drug-likeness (QED) is 0.640. The molecule has 27 heavy (non-hydrogen) atoms. The summed E-state index contributed by atoms with van der Waals surface area (Å²) in [7, 11) is 1.78. The molecular weight excluding hydrogens is 347 g/mol. The Bertz CT molecular complexity index is 1020. The van der Waals surface area contributed by atoms with Crippen LogP contribution in [0.15, 0.2) is 31.1 Å². The normalized spacial score (nSPS) is 19.1. The van der Waals surface area contributed by atoms with Crippen molar-refractivity contribution >= 4 is 28.1 Å². The van der Waals surface area contributed by atoms with Gasteiger partial charge in [0.05, 0.1) is 23.2 Å². The summed E-state index contributed by atoms with van der Waals surface area (Å²) in [5.41, 5.74) is 9.63. The van der Waals surface area contributed by atoms with Gasteiger partial charge in [0.1, 0.15) is 18.0 Å². The van der Waals surface area contributed by atoms with Crippen molar-refractivity contribution in [3.05, 3.63) is 48.2 Å². The van der Waals surface area contributed by atoms with Crippen molar-refractivity contribution in [2.75, 3.05) is 18.1 Å². The lowest BCUT2D eigenvalue weighted by atomic mass is 9.90. The highest BCUT2D eigenvalue weighted by Crippen LogP contribution is 2.36. The van der Waals surface area contributed by atoms with Gasteiger partial charge in [0.15, 0.2) is 5.65 Å². The minimum atomic E-state index is -0.327. The van der Waals surface area contributed by atoms with E-state index in [9.17, 15) is 9.50 Å². The molecule has 1 fully saturated rings. The molecule has 0 atom stereocenters. The van der Waals surface area contributed by atoms with Crippen LogP contribution in [0.3, 0.4) is 0 Å². The van der Waals surface area contributed by atoms with Gasteiger partial charge in [-0.05, 0) is 36.6 Å². The molecule has 0 unspecified atom stereocenters. The van der Waals surface area contributed by atoms with Crippen molar-refractivity contribution < 1.29 is 9.50 Å². The number of nitrogen functional groups attached to an aromatic ring is 1. The van der Waals surface area contributed by atoms with Crippen LogP contribution in [0, 0.1) is 5.82 Å². The molecule has 0 spiro atoms. The fraction of sp³-hybridized carbons (Fsp3) is 0.316. The summed E-state index contributed by atoms with van der Waals surface area (Å²) in [5.74, 6) is 0.0221. The van der Waals surface area contributed by atoms with Gasteiger partial charge < -0.3 is 16.2 Å². The van der Waals surface area contributed by atoms with E-state index in [2.05, 4.69) is 21.9 Å². The largest absolute Gasteiger partial charge is 0.393 e. The molecule has 3 aromatic rings. The van der Waals surface area contributed by atoms with Gasteiger partial charge in [-0.15, -0.1) is 0 Å². The zero-order valence-corrected chi connectivity index (χ0v) is 15.0. The smallest absolute Gasteiger partial charge is 0.163 e. The van der Waals surface area contributed by atoms with E-state index in [1.807, 2.05) is 4.68 Å². The maximum atomic E-state index is 13.7. The molecule has 1 aliphatic carbocycles. The highest BCUT2D eigenvalue weighted by Gasteiger charge is 2.32. The van der Waals surface area contributed by atoms with Gasteiger partial charge >= 0.3 is 0 Å². The van der Waals surface area contributed by atoms with Crippen molar-refractivity contribution in [3.63, 3.8) is 0 Å². The number of anilines is 2. The number of fused-ring (bicyclic) bond motifs is 1. The number of hydrogen-bond acceptors (Lipinski definition) is 6. The molecule has 0 radical (unpaired) electrons. The molecule has 1 aromatic carbocycles. The molecule has 1 aliphatic rings. The highest BCUT2D eigenvalue weighted by atomic mass is 19.1. The predicted octanol–water partition coefficient (Wildman–Crippen LogP) is 2.54. The lowest BCUT2D eigenvalue weighted by Crippen LogP contribution is -2.31. The van der Waals surface area contributed by atoms with Crippen molar-refractivity contribution in [1.82, 2.24) is 19.7 Å². The number of rotatable bonds is 5. The lowest BCUT2D eigenvalue weighted by Gasteiger charge is -2.31. The summed E-state index contributed by atoms with van der Waals surface area (Å²) >= 11 is 0. The van der Waals surface area contributed by atoms with Gasteiger partial charge in [0, 0.05) is 24.7 Å². The maximum Gasteiger partial charge on any atom is 0.163 e. The Hall–Kier alpha value is -3.00. The Morgan fingerprint density at radius 3 is 2.89 bits per heavy atom. The second-order valence-corrected chi connectivity index (χ2v) is 6.85. The molecular formula is C19H21FN6O. The van der Waals surface area contributed by atoms with Crippen LogP contribution in [0.2, 0.25) is 0 Å². The number of hydrogen-bond donors (Lipinski definition) is 3. The van der Waals surface area contributed by atoms with E-state index in [-0.39, 0.29) is 18.0 Å². The Morgan fingerprint density at radius 2 is 2.19 bits per heavy atom. The SMILES string of the molecule is C=C(Cc1nn(C2CC(O)C2)c2ncnc(N)c12)c1cc(F)ccc1NC. The Balaban J connectivity index is 1.74. The van der Waals surface area contributed by atoms with Crippen molar-refractivity contribution in [2.45, 2.75) is 31.4 Å². The van der Waals surface area contributed by atoms with Crippen LogP contribution < -0.4 is 11.1 Å². The Morgan fingerprint density at radius 1 is 1.41 bits per heavy atom. The van der Waals surface area contributed by atoms with Crippen LogP contribution in [0.5, 0.6) is 0 Å². The van der Waals surface area contributed by atoms with E-state index in [4.69, 9.17) is 10.8 Å². The minimum absolute atomic E-state index is 0.0841. The molecule has 0 bridgehead atoms. The van der Waals surface area contributed by atoms with Crippen molar-refractivity contribution in [2.24, 2.45) is 0 Å². The summed E-state index contributed by atoms with van der Waals surface area (Å²) in [4.78, 5) is 8.43. The molecule has 2 aromatic heterocycles. The zero-order valence-electron chi connectivity index (χ0n) is 15.0. The fourth-order valence-corrected chi connectivity index (χ4v) is 3.53. The number of aromatic nitrogens is 4. The number of nitrogens with one attached hydrogen (secondary N) is 1. The van der Waals surface area contributed by atoms with Crippen LogP contribution in [0.4, 0.5) is 15.9 Å². The van der Waals surface area contributed by atoms with Crippen LogP contribution in [0.25, 0.3) is 16.6 Å². The first-order chi connectivity index (χ1) is 13.0. The van der Waals surface area contributed by atoms with E-state index in [1.54, 1.807) is 13.1 Å². The number of nitrogens with zero attached hydrogens (tertiary/aromatic N) is 4. The third kappa shape index (κ3) is 3.02. The summed E-state index contributed by atoms with van der Waals surface area (Å²) < 4.78 is 15.6. The van der Waals surface area contributed by atoms with Gasteiger partial charge in [-0.25, -0.2) is 19.0 Å². The molecule has 8 heteroatoms. The summed E-state index contributed by atoms with van der Waals surface area (Å²) in [6.45, 7) is 4.13. The van der Waals surface area contributed by atoms with Gasteiger partial charge in [0.25, 0.3) is 0 Å². The highest BCUT2D eigenvalue weighted by molar-refractivity contribution is 5.90. The number of nitrogens with two attached hydrogens (primary N) is 1. The average molecular weight is 368 g/mol. The fourth-order valence-electron chi connectivity index (χ4n) is 3.53. The average Bonchev–Trinajstić information content (AvgIpc) is 2.98. The second kappa shape index (κ2) is 6.62. The minimum Gasteiger partial charge on any atom is -0.393 e. The molecule has 0 amide bonds. The molecule has 1 saturated carbocycles. The number of allylic oxidation sites excluding steroid dienone is 1. The predicted molar refractivity (Wildman–Crippen MR) is 103 cm³/mol. The van der Waals surface area contributed by atoms with Crippen molar-refractivity contribution in [3.8, 4) is 0 Å². The molecule has 0 saturated heterocycles. The standard InChI is InChI=1S/C19H21FN6O/c1-10(14-6-11(20)3-4-15(14)22-2)5-16-17-18(21)23-9-24-19(17)26(25-16)12-7-13(27)8-12/h3-4,6,9,12-13,22,27H,1,5,7-8H2,2H3,(H2,21,23,24). The summed E-state index contributed by atoms with van der Waals surface area (Å²) in [5, 5.41) is 18.1. The number of aliphatic hydroxyl groups excluding tert-OH is 1. The molecule has 4 N–H and O–H groups in total. The van der Waals surface area contributed by atoms with Crippen molar-refractivity contribution in [1.29, 1.82) is 0 Å². The van der Waals surface area contributed by atoms with Crippen LogP contribution in [-0.4, -0.2) is 38.0 Å². The number of aliphatic hydroxyl groups is 1. The number of halogens is 1. The van der Waals surface area contributed by atoms with E-state index < -0.39 is 0 Å². The third-order valence-corrected chi connectivity index (χ3v) is 5.04. The first-order valence-corrected chi connectivity index (χ1v) is 8.79. The van der Waals surface area contributed by atoms with Crippen LogP contribution >= 0.6 is 0 Å². The van der Waals surface area contributed by atoms with Gasteiger partial charge in [-0.1, -0.05) is 6.58 Å². The molecule has 7 nitrogen and oxygen atoms in total. The number of benzene rings is 1. The van der Waals surface area contributed by atoms with Gasteiger partial charge in [0.2, 0.25) is 0 Å². The van der Waals surface area contributed by atoms with Crippen LogP contribution in [0.1, 0.15) is 30.1 Å². The van der Waals surface area contributed by atoms with Gasteiger partial charge in [-0.3, -0.25) is 0 Å². The Labute approximate surface area is 155 Å². The summed E-state index contributed by atoms with van der Waals surface area (Å²) in [6, 6.07) is 4.62. The maximum absolute atomic E-state index is 13.7. The monoisotopic (exact) mass is 368 g/mol. The van der Waals surface area contributed by atoms with E-state index in [1.165, 1.54) is 18.5 Å². The zero-order chi connectivity index (χ0) is 19.1. The first kappa shape index (κ1) is 17.4. The topological polar surface area (TPSA) is 102 Å². The molecule has 0 aliphatic heterocycles. The van der Waals surface area contributed by atoms with E-state index in [0.29, 0.717) is 52.9 Å².